The lowest BCUT2D eigenvalue weighted by Gasteiger charge is -2.32. The van der Waals surface area contributed by atoms with E-state index >= 15 is 0 Å². The highest BCUT2D eigenvalue weighted by Crippen LogP contribution is 2.46. The number of nitriles is 1. The Bertz CT molecular complexity index is 801. The minimum Gasteiger partial charge on any atom is -0.374 e. The second-order valence-electron chi connectivity index (χ2n) is 5.98. The number of aliphatic hydroxyl groups is 1. The maximum absolute atomic E-state index is 13.8. The molecule has 1 aromatic heterocycles. The summed E-state index contributed by atoms with van der Waals surface area (Å²) in [6, 6.07) is 8.47. The number of alkyl halides is 3. The number of fused-ring (bicyclic) bond motifs is 1. The molecule has 3 rings (SSSR count). The van der Waals surface area contributed by atoms with Gasteiger partial charge in [-0.15, -0.1) is 11.3 Å². The zero-order valence-corrected chi connectivity index (χ0v) is 14.1. The van der Waals surface area contributed by atoms with Crippen molar-refractivity contribution in [1.82, 2.24) is 9.88 Å². The van der Waals surface area contributed by atoms with Gasteiger partial charge in [0.15, 0.2) is 0 Å². The van der Waals surface area contributed by atoms with Gasteiger partial charge in [-0.25, -0.2) is 4.98 Å². The molecule has 0 saturated carbocycles. The summed E-state index contributed by atoms with van der Waals surface area (Å²) in [5.41, 5.74) is -2.52. The molecule has 2 heterocycles. The Hall–Kier alpha value is -2.11. The topological polar surface area (TPSA) is 60.1 Å². The second-order valence-corrected chi connectivity index (χ2v) is 7.01. The van der Waals surface area contributed by atoms with Gasteiger partial charge in [0, 0.05) is 31.3 Å². The van der Waals surface area contributed by atoms with Gasteiger partial charge in [-0.2, -0.15) is 18.4 Å². The highest BCUT2D eigenvalue weighted by Gasteiger charge is 2.57. The van der Waals surface area contributed by atoms with Crippen LogP contribution < -0.4 is 0 Å². The Morgan fingerprint density at radius 3 is 2.60 bits per heavy atom. The van der Waals surface area contributed by atoms with Crippen LogP contribution >= 0.6 is 11.3 Å². The van der Waals surface area contributed by atoms with E-state index in [9.17, 15) is 18.3 Å². The van der Waals surface area contributed by atoms with Crippen LogP contribution in [0.1, 0.15) is 24.3 Å². The largest absolute Gasteiger partial charge is 0.424 e. The third kappa shape index (κ3) is 3.34. The Morgan fingerprint density at radius 2 is 2.00 bits per heavy atom. The number of likely N-dealkylation sites (tertiary alicyclic amines) is 1. The fraction of sp³-hybridized carbons (Fsp3) is 0.412. The van der Waals surface area contributed by atoms with E-state index in [2.05, 4.69) is 4.98 Å². The fourth-order valence-electron chi connectivity index (χ4n) is 2.94. The predicted octanol–water partition coefficient (Wildman–Crippen LogP) is 3.94. The first-order valence-electron chi connectivity index (χ1n) is 7.84. The number of allylic oxidation sites excluding steroid dienone is 1. The number of aromatic nitrogens is 1. The second kappa shape index (κ2) is 6.65. The summed E-state index contributed by atoms with van der Waals surface area (Å²) in [4.78, 5) is 5.74. The van der Waals surface area contributed by atoms with Crippen molar-refractivity contribution in [2.45, 2.75) is 31.0 Å². The minimum absolute atomic E-state index is 0.194. The maximum atomic E-state index is 13.8. The summed E-state index contributed by atoms with van der Waals surface area (Å²) in [5.74, 6) is 0. The normalized spacial score (nSPS) is 18.4. The summed E-state index contributed by atoms with van der Waals surface area (Å²) in [6.45, 7) is 1.17. The minimum atomic E-state index is -4.91. The third-order valence-corrected chi connectivity index (χ3v) is 5.48. The number of halogens is 3. The molecule has 132 valence electrons. The van der Waals surface area contributed by atoms with Gasteiger partial charge >= 0.3 is 6.18 Å². The van der Waals surface area contributed by atoms with E-state index in [-0.39, 0.29) is 5.70 Å². The van der Waals surface area contributed by atoms with Crippen molar-refractivity contribution in [1.29, 1.82) is 5.26 Å². The zero-order chi connectivity index (χ0) is 18.1. The van der Waals surface area contributed by atoms with Crippen molar-refractivity contribution < 1.29 is 18.3 Å². The van der Waals surface area contributed by atoms with Gasteiger partial charge in [0.1, 0.15) is 5.01 Å². The molecule has 0 spiro atoms. The van der Waals surface area contributed by atoms with Gasteiger partial charge in [-0.05, 0) is 25.0 Å². The van der Waals surface area contributed by atoms with E-state index in [1.165, 1.54) is 0 Å². The standard InChI is InChI=1S/C17H16F3N3OS/c18-17(19,20)16(24,11-12(7-8-21)23-9-3-4-10-23)15-22-13-5-1-2-6-14(13)25-15/h1-2,5-7,24H,3-4,9-11H2. The quantitative estimate of drug-likeness (QED) is 0.832. The molecule has 1 fully saturated rings. The van der Waals surface area contributed by atoms with Gasteiger partial charge in [0.25, 0.3) is 0 Å². The lowest BCUT2D eigenvalue weighted by Crippen LogP contribution is -2.44. The summed E-state index contributed by atoms with van der Waals surface area (Å²) in [7, 11) is 0. The number of hydrogen-bond donors (Lipinski definition) is 1. The van der Waals surface area contributed by atoms with Crippen molar-refractivity contribution in [3.63, 3.8) is 0 Å². The summed E-state index contributed by atoms with van der Waals surface area (Å²) in [5, 5.41) is 19.2. The molecule has 1 saturated heterocycles. The van der Waals surface area contributed by atoms with Crippen LogP contribution in [-0.2, 0) is 5.60 Å². The first-order valence-corrected chi connectivity index (χ1v) is 8.65. The van der Waals surface area contributed by atoms with Gasteiger partial charge in [0.2, 0.25) is 5.60 Å². The van der Waals surface area contributed by atoms with Gasteiger partial charge < -0.3 is 10.0 Å². The van der Waals surface area contributed by atoms with E-state index in [0.717, 1.165) is 30.3 Å². The van der Waals surface area contributed by atoms with Gasteiger partial charge in [-0.3, -0.25) is 0 Å². The number of thiazole rings is 1. The molecule has 1 aliphatic heterocycles. The van der Waals surface area contributed by atoms with Crippen molar-refractivity contribution in [3.8, 4) is 6.07 Å². The van der Waals surface area contributed by atoms with Crippen molar-refractivity contribution in [2.75, 3.05) is 13.1 Å². The van der Waals surface area contributed by atoms with E-state index in [0.29, 0.717) is 23.3 Å². The molecule has 2 aromatic rings. The highest BCUT2D eigenvalue weighted by atomic mass is 32.1. The number of nitrogens with zero attached hydrogens (tertiary/aromatic N) is 3. The SMILES string of the molecule is N#CC=C(CC(O)(c1nc2ccccc2s1)C(F)(F)F)N1CCCC1. The molecule has 8 heteroatoms. The molecule has 1 aliphatic rings. The van der Waals surface area contributed by atoms with Crippen LogP contribution in [0.2, 0.25) is 0 Å². The first-order chi connectivity index (χ1) is 11.8. The van der Waals surface area contributed by atoms with E-state index in [4.69, 9.17) is 5.26 Å². The van der Waals surface area contributed by atoms with Crippen molar-refractivity contribution in [3.05, 3.63) is 41.0 Å². The van der Waals surface area contributed by atoms with Crippen molar-refractivity contribution in [2.24, 2.45) is 0 Å². The van der Waals surface area contributed by atoms with Crippen LogP contribution in [0.4, 0.5) is 13.2 Å². The average Bonchev–Trinajstić information content (AvgIpc) is 3.22. The molecule has 1 unspecified atom stereocenters. The summed E-state index contributed by atoms with van der Waals surface area (Å²) >= 11 is 0.824. The fourth-order valence-corrected chi connectivity index (χ4v) is 4.02. The Balaban J connectivity index is 2.03. The van der Waals surface area contributed by atoms with Crippen LogP contribution in [0.5, 0.6) is 0 Å². The predicted molar refractivity (Wildman–Crippen MR) is 88.7 cm³/mol. The van der Waals surface area contributed by atoms with E-state index in [1.807, 2.05) is 0 Å². The van der Waals surface area contributed by atoms with Gasteiger partial charge in [-0.1, -0.05) is 12.1 Å². The first kappa shape index (κ1) is 17.7. The molecule has 1 N–H and O–H groups in total. The molecule has 0 bridgehead atoms. The van der Waals surface area contributed by atoms with Crippen LogP contribution in [-0.4, -0.2) is 34.3 Å². The van der Waals surface area contributed by atoms with Gasteiger partial charge in [0.05, 0.1) is 16.3 Å². The molecule has 25 heavy (non-hydrogen) atoms. The molecule has 0 amide bonds. The molecule has 1 atom stereocenters. The molecule has 4 nitrogen and oxygen atoms in total. The zero-order valence-electron chi connectivity index (χ0n) is 13.3. The molecular formula is C17H16F3N3OS. The van der Waals surface area contributed by atoms with Crippen molar-refractivity contribution >= 4 is 21.6 Å². The smallest absolute Gasteiger partial charge is 0.374 e. The Morgan fingerprint density at radius 1 is 1.32 bits per heavy atom. The molecule has 0 aliphatic carbocycles. The third-order valence-electron chi connectivity index (χ3n) is 4.30. The van der Waals surface area contributed by atoms with Crippen LogP contribution in [0.25, 0.3) is 10.2 Å². The van der Waals surface area contributed by atoms with Crippen LogP contribution in [0, 0.1) is 11.3 Å². The Labute approximate surface area is 146 Å². The molecule has 1 aromatic carbocycles. The molecular weight excluding hydrogens is 351 g/mol. The van der Waals surface area contributed by atoms with E-state index in [1.54, 1.807) is 35.2 Å². The number of hydrogen-bond acceptors (Lipinski definition) is 5. The lowest BCUT2D eigenvalue weighted by atomic mass is 9.96. The maximum Gasteiger partial charge on any atom is 0.424 e. The molecule has 0 radical (unpaired) electrons. The number of benzene rings is 1. The monoisotopic (exact) mass is 367 g/mol. The average molecular weight is 367 g/mol. The summed E-state index contributed by atoms with van der Waals surface area (Å²) < 4.78 is 42.0. The number of rotatable bonds is 4. The lowest BCUT2D eigenvalue weighted by molar-refractivity contribution is -0.267. The van der Waals surface area contributed by atoms with E-state index < -0.39 is 23.2 Å². The number of para-hydroxylation sites is 1. The highest BCUT2D eigenvalue weighted by molar-refractivity contribution is 7.18. The van der Waals surface area contributed by atoms with Crippen LogP contribution in [0.15, 0.2) is 36.0 Å². The summed E-state index contributed by atoms with van der Waals surface area (Å²) in [6.07, 6.45) is -2.82. The van der Waals surface area contributed by atoms with Crippen LogP contribution in [0.3, 0.4) is 0 Å². The Kier molecular flexibility index (Phi) is 4.71.